The highest BCUT2D eigenvalue weighted by Crippen LogP contribution is 2.09. The summed E-state index contributed by atoms with van der Waals surface area (Å²) in [4.78, 5) is 5.12. The van der Waals surface area contributed by atoms with Gasteiger partial charge in [0, 0.05) is 25.2 Å². The van der Waals surface area contributed by atoms with Gasteiger partial charge in [-0.05, 0) is 66.2 Å². The van der Waals surface area contributed by atoms with Crippen molar-refractivity contribution >= 4 is 0 Å². The van der Waals surface area contributed by atoms with Crippen LogP contribution in [0.5, 0.6) is 0 Å². The lowest BCUT2D eigenvalue weighted by Crippen LogP contribution is -2.40. The first-order valence-electron chi connectivity index (χ1n) is 7.79. The molecule has 1 rings (SSSR count). The second kappa shape index (κ2) is 8.89. The van der Waals surface area contributed by atoms with Gasteiger partial charge in [-0.1, -0.05) is 6.92 Å². The third-order valence-corrected chi connectivity index (χ3v) is 4.16. The number of hydrogen-bond acceptors (Lipinski definition) is 3. The van der Waals surface area contributed by atoms with Crippen molar-refractivity contribution in [1.82, 2.24) is 15.1 Å². The fraction of sp³-hybridized carbons (Fsp3) is 1.00. The third-order valence-electron chi connectivity index (χ3n) is 4.16. The van der Waals surface area contributed by atoms with E-state index in [-0.39, 0.29) is 0 Å². The number of nitrogens with zero attached hydrogens (tertiary/aromatic N) is 2. The summed E-state index contributed by atoms with van der Waals surface area (Å²) in [6.45, 7) is 13.1. The standard InChI is InChI=1S/C15H33N3/c1-5-8-16-14(2)13-15(3)17(4)11-12-18-9-6-7-10-18/h14-16H,5-13H2,1-4H3. The molecule has 0 bridgehead atoms. The van der Waals surface area contributed by atoms with E-state index in [1.54, 1.807) is 0 Å². The van der Waals surface area contributed by atoms with Crippen LogP contribution in [0.4, 0.5) is 0 Å². The van der Waals surface area contributed by atoms with Crippen molar-refractivity contribution in [2.24, 2.45) is 0 Å². The summed E-state index contributed by atoms with van der Waals surface area (Å²) in [7, 11) is 2.27. The molecule has 0 spiro atoms. The Morgan fingerprint density at radius 2 is 1.89 bits per heavy atom. The van der Waals surface area contributed by atoms with Crippen molar-refractivity contribution in [3.8, 4) is 0 Å². The molecule has 0 aliphatic carbocycles. The van der Waals surface area contributed by atoms with Gasteiger partial charge >= 0.3 is 0 Å². The number of likely N-dealkylation sites (N-methyl/N-ethyl adjacent to an activating group) is 1. The molecule has 0 aromatic rings. The summed E-state index contributed by atoms with van der Waals surface area (Å²) in [6.07, 6.45) is 5.27. The Morgan fingerprint density at radius 3 is 2.50 bits per heavy atom. The number of hydrogen-bond donors (Lipinski definition) is 1. The predicted octanol–water partition coefficient (Wildman–Crippen LogP) is 2.18. The molecule has 108 valence electrons. The zero-order valence-electron chi connectivity index (χ0n) is 12.9. The highest BCUT2D eigenvalue weighted by Gasteiger charge is 2.15. The quantitative estimate of drug-likeness (QED) is 0.681. The third kappa shape index (κ3) is 6.17. The molecule has 18 heavy (non-hydrogen) atoms. The molecule has 1 saturated heterocycles. The summed E-state index contributed by atoms with van der Waals surface area (Å²) >= 11 is 0. The smallest absolute Gasteiger partial charge is 0.0109 e. The maximum absolute atomic E-state index is 3.58. The van der Waals surface area contributed by atoms with Crippen molar-refractivity contribution in [2.75, 3.05) is 39.8 Å². The van der Waals surface area contributed by atoms with Crippen LogP contribution in [0.25, 0.3) is 0 Å². The Morgan fingerprint density at radius 1 is 1.22 bits per heavy atom. The van der Waals surface area contributed by atoms with Crippen LogP contribution in [0, 0.1) is 0 Å². The Labute approximate surface area is 114 Å². The van der Waals surface area contributed by atoms with Crippen molar-refractivity contribution < 1.29 is 0 Å². The molecular weight excluding hydrogens is 222 g/mol. The van der Waals surface area contributed by atoms with E-state index in [9.17, 15) is 0 Å². The van der Waals surface area contributed by atoms with Crippen LogP contribution in [-0.4, -0.2) is 61.7 Å². The molecule has 1 heterocycles. The van der Waals surface area contributed by atoms with Crippen LogP contribution in [0.1, 0.15) is 46.5 Å². The van der Waals surface area contributed by atoms with Gasteiger partial charge in [-0.3, -0.25) is 0 Å². The number of likely N-dealkylation sites (tertiary alicyclic amines) is 1. The Hall–Kier alpha value is -0.120. The molecule has 0 radical (unpaired) electrons. The van der Waals surface area contributed by atoms with E-state index in [1.807, 2.05) is 0 Å². The van der Waals surface area contributed by atoms with Crippen molar-refractivity contribution in [3.05, 3.63) is 0 Å². The van der Waals surface area contributed by atoms with Gasteiger partial charge in [0.15, 0.2) is 0 Å². The fourth-order valence-electron chi connectivity index (χ4n) is 2.69. The minimum Gasteiger partial charge on any atom is -0.314 e. The Bertz CT molecular complexity index is 202. The van der Waals surface area contributed by atoms with Crippen LogP contribution < -0.4 is 5.32 Å². The molecule has 1 fully saturated rings. The molecule has 1 aliphatic heterocycles. The fourth-order valence-corrected chi connectivity index (χ4v) is 2.69. The summed E-state index contributed by atoms with van der Waals surface area (Å²) in [5.41, 5.74) is 0. The first kappa shape index (κ1) is 15.9. The highest BCUT2D eigenvalue weighted by molar-refractivity contribution is 4.73. The van der Waals surface area contributed by atoms with Gasteiger partial charge in [-0.15, -0.1) is 0 Å². The van der Waals surface area contributed by atoms with E-state index in [2.05, 4.69) is 42.9 Å². The maximum Gasteiger partial charge on any atom is 0.0109 e. The van der Waals surface area contributed by atoms with E-state index in [0.717, 1.165) is 6.54 Å². The predicted molar refractivity (Wildman–Crippen MR) is 80.1 cm³/mol. The molecule has 3 nitrogen and oxygen atoms in total. The van der Waals surface area contributed by atoms with E-state index in [1.165, 1.54) is 51.9 Å². The van der Waals surface area contributed by atoms with Crippen LogP contribution in [-0.2, 0) is 0 Å². The van der Waals surface area contributed by atoms with Crippen molar-refractivity contribution in [3.63, 3.8) is 0 Å². The number of nitrogens with one attached hydrogen (secondary N) is 1. The minimum absolute atomic E-state index is 0.634. The summed E-state index contributed by atoms with van der Waals surface area (Å²) in [5, 5.41) is 3.58. The molecule has 0 aromatic carbocycles. The average molecular weight is 255 g/mol. The van der Waals surface area contributed by atoms with Gasteiger partial charge in [0.25, 0.3) is 0 Å². The first-order chi connectivity index (χ1) is 8.63. The van der Waals surface area contributed by atoms with Crippen molar-refractivity contribution in [2.45, 2.75) is 58.5 Å². The van der Waals surface area contributed by atoms with Gasteiger partial charge in [-0.25, -0.2) is 0 Å². The SMILES string of the molecule is CCCNC(C)CC(C)N(C)CCN1CCCC1. The molecule has 1 N–H and O–H groups in total. The second-order valence-electron chi connectivity index (χ2n) is 5.97. The van der Waals surface area contributed by atoms with Gasteiger partial charge in [0.1, 0.15) is 0 Å². The Kier molecular flexibility index (Phi) is 7.87. The van der Waals surface area contributed by atoms with E-state index in [4.69, 9.17) is 0 Å². The van der Waals surface area contributed by atoms with Crippen LogP contribution in [0.15, 0.2) is 0 Å². The monoisotopic (exact) mass is 255 g/mol. The largest absolute Gasteiger partial charge is 0.314 e. The van der Waals surface area contributed by atoms with Crippen LogP contribution in [0.2, 0.25) is 0 Å². The highest BCUT2D eigenvalue weighted by atomic mass is 15.2. The number of rotatable bonds is 9. The van der Waals surface area contributed by atoms with Crippen LogP contribution in [0.3, 0.4) is 0 Å². The van der Waals surface area contributed by atoms with E-state index >= 15 is 0 Å². The zero-order chi connectivity index (χ0) is 13.4. The Balaban J connectivity index is 2.12. The summed E-state index contributed by atoms with van der Waals surface area (Å²) < 4.78 is 0. The normalized spacial score (nSPS) is 20.5. The zero-order valence-corrected chi connectivity index (χ0v) is 12.9. The first-order valence-corrected chi connectivity index (χ1v) is 7.79. The van der Waals surface area contributed by atoms with Crippen molar-refractivity contribution in [1.29, 1.82) is 0 Å². The molecule has 1 aliphatic rings. The molecule has 3 heteroatoms. The minimum atomic E-state index is 0.634. The van der Waals surface area contributed by atoms with Gasteiger partial charge in [0.05, 0.1) is 0 Å². The summed E-state index contributed by atoms with van der Waals surface area (Å²) in [6, 6.07) is 1.31. The summed E-state index contributed by atoms with van der Waals surface area (Å²) in [5.74, 6) is 0. The lowest BCUT2D eigenvalue weighted by atomic mass is 10.1. The lowest BCUT2D eigenvalue weighted by Gasteiger charge is -2.29. The van der Waals surface area contributed by atoms with Gasteiger partial charge in [0.2, 0.25) is 0 Å². The molecule has 2 atom stereocenters. The molecule has 0 aromatic heterocycles. The second-order valence-corrected chi connectivity index (χ2v) is 5.97. The molecular formula is C15H33N3. The van der Waals surface area contributed by atoms with Crippen LogP contribution >= 0.6 is 0 Å². The molecule has 0 amide bonds. The molecule has 2 unspecified atom stereocenters. The van der Waals surface area contributed by atoms with Gasteiger partial charge < -0.3 is 15.1 Å². The van der Waals surface area contributed by atoms with E-state index < -0.39 is 0 Å². The molecule has 0 saturated carbocycles. The maximum atomic E-state index is 3.58. The van der Waals surface area contributed by atoms with E-state index in [0.29, 0.717) is 12.1 Å². The average Bonchev–Trinajstić information content (AvgIpc) is 2.86. The van der Waals surface area contributed by atoms with Gasteiger partial charge in [-0.2, -0.15) is 0 Å². The topological polar surface area (TPSA) is 18.5 Å². The lowest BCUT2D eigenvalue weighted by molar-refractivity contribution is 0.198.